The van der Waals surface area contributed by atoms with Crippen LogP contribution in [0.4, 0.5) is 8.78 Å². The molecule has 0 bridgehead atoms. The Bertz CT molecular complexity index is 988. The summed E-state index contributed by atoms with van der Waals surface area (Å²) in [6, 6.07) is 8.25. The van der Waals surface area contributed by atoms with E-state index in [9.17, 15) is 22.3 Å². The minimum atomic E-state index is -3.32. The van der Waals surface area contributed by atoms with Gasteiger partial charge in [0.05, 0.1) is 11.0 Å². The molecule has 7 heteroatoms. The van der Waals surface area contributed by atoms with E-state index in [0.29, 0.717) is 36.1 Å². The van der Waals surface area contributed by atoms with E-state index in [0.717, 1.165) is 18.7 Å². The monoisotopic (exact) mass is 408 g/mol. The van der Waals surface area contributed by atoms with Gasteiger partial charge in [-0.25, -0.2) is 17.2 Å². The fourth-order valence-electron chi connectivity index (χ4n) is 4.52. The van der Waals surface area contributed by atoms with Crippen LogP contribution in [0.2, 0.25) is 0 Å². The highest BCUT2D eigenvalue weighted by Crippen LogP contribution is 2.48. The number of aliphatic hydroxyl groups is 1. The van der Waals surface area contributed by atoms with E-state index in [4.69, 9.17) is 4.74 Å². The van der Waals surface area contributed by atoms with Crippen LogP contribution in [0, 0.1) is 23.5 Å². The van der Waals surface area contributed by atoms with Crippen LogP contribution in [-0.2, 0) is 16.3 Å². The predicted molar refractivity (Wildman–Crippen MR) is 99.8 cm³/mol. The Kier molecular flexibility index (Phi) is 4.91. The van der Waals surface area contributed by atoms with Crippen LogP contribution in [0.5, 0.6) is 5.75 Å². The maximum absolute atomic E-state index is 14.4. The van der Waals surface area contributed by atoms with Crippen LogP contribution in [0.15, 0.2) is 41.3 Å². The first kappa shape index (κ1) is 19.3. The largest absolute Gasteiger partial charge is 0.485 e. The smallest absolute Gasteiger partial charge is 0.175 e. The van der Waals surface area contributed by atoms with E-state index in [1.165, 1.54) is 18.2 Å². The molecule has 1 saturated carbocycles. The molecule has 0 spiro atoms. The van der Waals surface area contributed by atoms with Gasteiger partial charge in [-0.3, -0.25) is 0 Å². The zero-order valence-electron chi connectivity index (χ0n) is 15.4. The van der Waals surface area contributed by atoms with Crippen molar-refractivity contribution in [3.8, 4) is 5.75 Å². The first-order valence-corrected chi connectivity index (χ1v) is 11.2. The summed E-state index contributed by atoms with van der Waals surface area (Å²) in [4.78, 5) is 0.180. The van der Waals surface area contributed by atoms with Gasteiger partial charge in [0.25, 0.3) is 0 Å². The van der Waals surface area contributed by atoms with Crippen LogP contribution >= 0.6 is 0 Å². The highest BCUT2D eigenvalue weighted by molar-refractivity contribution is 7.90. The Labute approximate surface area is 163 Å². The molecule has 1 fully saturated rings. The van der Waals surface area contributed by atoms with Crippen molar-refractivity contribution in [1.82, 2.24) is 0 Å². The molecule has 0 heterocycles. The van der Waals surface area contributed by atoms with Gasteiger partial charge in [-0.15, -0.1) is 0 Å². The fourth-order valence-corrected chi connectivity index (χ4v) is 5.15. The standard InChI is InChI=1S/C21H22F2O4S/c1-28(25,26)16-6-4-15(5-7-16)27-21-17(12-2-3-14(24)8-12)11-18-19(21)9-13(22)10-20(18)23/h4-7,9-10,12,14,17,21,24H,2-3,8,11H2,1H3/t12?,14-,17-,21-/m1/s1. The van der Waals surface area contributed by atoms with Crippen molar-refractivity contribution in [2.45, 2.75) is 42.8 Å². The Morgan fingerprint density at radius 1 is 1.11 bits per heavy atom. The summed E-state index contributed by atoms with van der Waals surface area (Å²) in [5.41, 5.74) is 0.960. The van der Waals surface area contributed by atoms with Crippen molar-refractivity contribution in [2.24, 2.45) is 11.8 Å². The third-order valence-corrected chi connectivity index (χ3v) is 7.02. The summed E-state index contributed by atoms with van der Waals surface area (Å²) in [5.74, 6) is -0.692. The third kappa shape index (κ3) is 3.65. The molecule has 0 radical (unpaired) electrons. The molecule has 0 aromatic heterocycles. The minimum Gasteiger partial charge on any atom is -0.485 e. The van der Waals surface area contributed by atoms with Gasteiger partial charge in [0.2, 0.25) is 0 Å². The lowest BCUT2D eigenvalue weighted by atomic mass is 9.86. The molecular weight excluding hydrogens is 386 g/mol. The topological polar surface area (TPSA) is 63.6 Å². The van der Waals surface area contributed by atoms with Crippen LogP contribution in [0.3, 0.4) is 0 Å². The summed E-state index contributed by atoms with van der Waals surface area (Å²) in [5, 5.41) is 9.93. The molecule has 2 aromatic carbocycles. The van der Waals surface area contributed by atoms with Gasteiger partial charge in [0, 0.05) is 23.8 Å². The first-order valence-electron chi connectivity index (χ1n) is 9.35. The lowest BCUT2D eigenvalue weighted by Crippen LogP contribution is -2.22. The number of benzene rings is 2. The second kappa shape index (κ2) is 7.12. The lowest BCUT2D eigenvalue weighted by molar-refractivity contribution is 0.101. The van der Waals surface area contributed by atoms with Crippen LogP contribution < -0.4 is 4.74 Å². The van der Waals surface area contributed by atoms with Crippen molar-refractivity contribution in [3.63, 3.8) is 0 Å². The van der Waals surface area contributed by atoms with Crippen LogP contribution in [0.25, 0.3) is 0 Å². The zero-order chi connectivity index (χ0) is 20.1. The number of halogens is 2. The maximum Gasteiger partial charge on any atom is 0.175 e. The maximum atomic E-state index is 14.4. The minimum absolute atomic E-state index is 0.0713. The van der Waals surface area contributed by atoms with Gasteiger partial charge in [0.1, 0.15) is 23.5 Å². The third-order valence-electron chi connectivity index (χ3n) is 5.90. The van der Waals surface area contributed by atoms with Gasteiger partial charge >= 0.3 is 0 Å². The van der Waals surface area contributed by atoms with Crippen LogP contribution in [0.1, 0.15) is 36.5 Å². The molecule has 2 aliphatic rings. The SMILES string of the molecule is CS(=O)(=O)c1ccc(O[C@H]2c3cc(F)cc(F)c3C[C@@H]2C2CC[C@@H](O)C2)cc1. The van der Waals surface area contributed by atoms with Crippen molar-refractivity contribution in [2.75, 3.05) is 6.26 Å². The Morgan fingerprint density at radius 2 is 1.82 bits per heavy atom. The number of sulfone groups is 1. The average molecular weight is 408 g/mol. The molecule has 2 aromatic rings. The molecule has 1 unspecified atom stereocenters. The van der Waals surface area contributed by atoms with Gasteiger partial charge in [0.15, 0.2) is 9.84 Å². The summed E-state index contributed by atoms with van der Waals surface area (Å²) in [6.07, 6.45) is 2.79. The summed E-state index contributed by atoms with van der Waals surface area (Å²) in [6.45, 7) is 0. The quantitative estimate of drug-likeness (QED) is 0.835. The molecule has 0 amide bonds. The predicted octanol–water partition coefficient (Wildman–Crippen LogP) is 3.82. The highest BCUT2D eigenvalue weighted by atomic mass is 32.2. The molecule has 0 saturated heterocycles. The number of rotatable bonds is 4. The van der Waals surface area contributed by atoms with E-state index in [1.807, 2.05) is 0 Å². The van der Waals surface area contributed by atoms with E-state index in [1.54, 1.807) is 12.1 Å². The van der Waals surface area contributed by atoms with Gasteiger partial charge < -0.3 is 9.84 Å². The number of fused-ring (bicyclic) bond motifs is 1. The molecule has 4 rings (SSSR count). The first-order chi connectivity index (χ1) is 13.2. The number of hydrogen-bond acceptors (Lipinski definition) is 4. The molecule has 2 aliphatic carbocycles. The highest BCUT2D eigenvalue weighted by Gasteiger charge is 2.43. The van der Waals surface area contributed by atoms with E-state index in [-0.39, 0.29) is 22.8 Å². The number of ether oxygens (including phenoxy) is 1. The number of aliphatic hydroxyl groups excluding tert-OH is 1. The second-order valence-corrected chi connectivity index (χ2v) is 9.85. The fraction of sp³-hybridized carbons (Fsp3) is 0.429. The van der Waals surface area contributed by atoms with E-state index < -0.39 is 27.6 Å². The number of hydrogen-bond donors (Lipinski definition) is 1. The molecule has 4 nitrogen and oxygen atoms in total. The van der Waals surface area contributed by atoms with Crippen molar-refractivity contribution < 1.29 is 27.0 Å². The van der Waals surface area contributed by atoms with Gasteiger partial charge in [-0.2, -0.15) is 0 Å². The molecule has 4 atom stereocenters. The Hall–Kier alpha value is -1.99. The van der Waals surface area contributed by atoms with E-state index >= 15 is 0 Å². The molecular formula is C21H22F2O4S. The van der Waals surface area contributed by atoms with Crippen molar-refractivity contribution in [1.29, 1.82) is 0 Å². The van der Waals surface area contributed by atoms with Crippen LogP contribution in [-0.4, -0.2) is 25.9 Å². The Balaban J connectivity index is 1.67. The van der Waals surface area contributed by atoms with Gasteiger partial charge in [-0.05, 0) is 67.5 Å². The molecule has 28 heavy (non-hydrogen) atoms. The van der Waals surface area contributed by atoms with Crippen molar-refractivity contribution >= 4 is 9.84 Å². The summed E-state index contributed by atoms with van der Waals surface area (Å²) in [7, 11) is -3.32. The summed E-state index contributed by atoms with van der Waals surface area (Å²) >= 11 is 0. The zero-order valence-corrected chi connectivity index (χ0v) is 16.3. The molecule has 0 aliphatic heterocycles. The van der Waals surface area contributed by atoms with E-state index in [2.05, 4.69) is 0 Å². The summed E-state index contributed by atoms with van der Waals surface area (Å²) < 4.78 is 57.7. The second-order valence-electron chi connectivity index (χ2n) is 7.83. The molecule has 150 valence electrons. The normalized spacial score (nSPS) is 27.0. The average Bonchev–Trinajstić information content (AvgIpc) is 3.19. The Morgan fingerprint density at radius 3 is 2.43 bits per heavy atom. The van der Waals surface area contributed by atoms with Crippen molar-refractivity contribution in [3.05, 3.63) is 59.2 Å². The lowest BCUT2D eigenvalue weighted by Gasteiger charge is -2.27. The molecule has 1 N–H and O–H groups in total. The van der Waals surface area contributed by atoms with Gasteiger partial charge in [-0.1, -0.05) is 0 Å².